The molecule has 2 nitrogen and oxygen atoms in total. The van der Waals surface area contributed by atoms with Crippen LogP contribution in [0.2, 0.25) is 0 Å². The first-order valence-electron chi connectivity index (χ1n) is 4.47. The van der Waals surface area contributed by atoms with Gasteiger partial charge in [0.2, 0.25) is 0 Å². The average molecular weight is 166 g/mol. The fraction of sp³-hybridized carbons (Fsp3) is 0.600. The second kappa shape index (κ2) is 3.31. The first-order valence-corrected chi connectivity index (χ1v) is 4.47. The minimum Gasteiger partial charge on any atom is -0.491 e. The van der Waals surface area contributed by atoms with Crippen molar-refractivity contribution in [3.05, 3.63) is 24.0 Å². The predicted molar refractivity (Wildman–Crippen MR) is 46.7 cm³/mol. The molecule has 2 aliphatic rings. The third kappa shape index (κ3) is 2.11. The highest BCUT2D eigenvalue weighted by atomic mass is 16.6. The van der Waals surface area contributed by atoms with Crippen LogP contribution in [0.1, 0.15) is 13.3 Å². The second-order valence-corrected chi connectivity index (χ2v) is 3.44. The molecule has 0 aromatic carbocycles. The largest absolute Gasteiger partial charge is 0.491 e. The van der Waals surface area contributed by atoms with Crippen LogP contribution in [0.25, 0.3) is 0 Å². The van der Waals surface area contributed by atoms with Crippen molar-refractivity contribution in [2.45, 2.75) is 19.4 Å². The Kier molecular flexibility index (Phi) is 2.17. The van der Waals surface area contributed by atoms with E-state index in [4.69, 9.17) is 9.47 Å². The van der Waals surface area contributed by atoms with Gasteiger partial charge in [0.25, 0.3) is 0 Å². The SMILES string of the molecule is CC1C=CC(OCC2CO2)=CC1. The van der Waals surface area contributed by atoms with Gasteiger partial charge in [0.1, 0.15) is 18.5 Å². The van der Waals surface area contributed by atoms with E-state index in [1.807, 2.05) is 0 Å². The first-order chi connectivity index (χ1) is 5.84. The summed E-state index contributed by atoms with van der Waals surface area (Å²) in [4.78, 5) is 0. The number of hydrogen-bond acceptors (Lipinski definition) is 2. The summed E-state index contributed by atoms with van der Waals surface area (Å²) in [7, 11) is 0. The highest BCUT2D eigenvalue weighted by Gasteiger charge is 2.23. The molecule has 0 bridgehead atoms. The fourth-order valence-corrected chi connectivity index (χ4v) is 1.17. The van der Waals surface area contributed by atoms with Crippen LogP contribution in [0.4, 0.5) is 0 Å². The number of allylic oxidation sites excluding steroid dienone is 3. The van der Waals surface area contributed by atoms with Crippen molar-refractivity contribution < 1.29 is 9.47 Å². The average Bonchev–Trinajstić information content (AvgIpc) is 2.87. The normalized spacial score (nSPS) is 32.9. The maximum atomic E-state index is 5.50. The van der Waals surface area contributed by atoms with E-state index in [1.54, 1.807) is 0 Å². The molecule has 2 unspecified atom stereocenters. The fourth-order valence-electron chi connectivity index (χ4n) is 1.17. The van der Waals surface area contributed by atoms with Crippen molar-refractivity contribution in [3.8, 4) is 0 Å². The molecule has 0 N–H and O–H groups in total. The topological polar surface area (TPSA) is 21.8 Å². The van der Waals surface area contributed by atoms with Crippen LogP contribution in [0.15, 0.2) is 24.0 Å². The van der Waals surface area contributed by atoms with E-state index in [9.17, 15) is 0 Å². The minimum atomic E-state index is 0.360. The van der Waals surface area contributed by atoms with Crippen molar-refractivity contribution in [2.75, 3.05) is 13.2 Å². The van der Waals surface area contributed by atoms with E-state index >= 15 is 0 Å². The highest BCUT2D eigenvalue weighted by molar-refractivity contribution is 5.17. The predicted octanol–water partition coefficient (Wildman–Crippen LogP) is 1.88. The highest BCUT2D eigenvalue weighted by Crippen LogP contribution is 2.18. The van der Waals surface area contributed by atoms with Gasteiger partial charge >= 0.3 is 0 Å². The van der Waals surface area contributed by atoms with Crippen LogP contribution in [-0.4, -0.2) is 19.3 Å². The summed E-state index contributed by atoms with van der Waals surface area (Å²) < 4.78 is 10.5. The zero-order valence-corrected chi connectivity index (χ0v) is 7.32. The molecular weight excluding hydrogens is 152 g/mol. The van der Waals surface area contributed by atoms with Gasteiger partial charge in [0.15, 0.2) is 0 Å². The van der Waals surface area contributed by atoms with E-state index in [0.717, 1.165) is 18.8 Å². The summed E-state index contributed by atoms with van der Waals surface area (Å²) >= 11 is 0. The van der Waals surface area contributed by atoms with Gasteiger partial charge in [-0.3, -0.25) is 0 Å². The standard InChI is InChI=1S/C10H14O2/c1-8-2-4-9(5-3-8)11-6-10-7-12-10/h2,4-5,8,10H,3,6-7H2,1H3. The van der Waals surface area contributed by atoms with Crippen molar-refractivity contribution in [3.63, 3.8) is 0 Å². The summed E-state index contributed by atoms with van der Waals surface area (Å²) in [5.74, 6) is 1.66. The molecule has 1 aliphatic carbocycles. The van der Waals surface area contributed by atoms with Crippen LogP contribution in [0, 0.1) is 5.92 Å². The van der Waals surface area contributed by atoms with Crippen LogP contribution in [0.3, 0.4) is 0 Å². The van der Waals surface area contributed by atoms with E-state index in [2.05, 4.69) is 25.2 Å². The Bertz CT molecular complexity index is 214. The van der Waals surface area contributed by atoms with E-state index in [0.29, 0.717) is 18.6 Å². The maximum absolute atomic E-state index is 5.50. The monoisotopic (exact) mass is 166 g/mol. The molecule has 0 radical (unpaired) electrons. The molecule has 0 aromatic heterocycles. The molecule has 1 aliphatic heterocycles. The van der Waals surface area contributed by atoms with Gasteiger partial charge in [-0.25, -0.2) is 0 Å². The molecule has 12 heavy (non-hydrogen) atoms. The lowest BCUT2D eigenvalue weighted by Gasteiger charge is -2.12. The number of ether oxygens (including phenoxy) is 2. The molecule has 1 saturated heterocycles. The lowest BCUT2D eigenvalue weighted by Crippen LogP contribution is -2.03. The van der Waals surface area contributed by atoms with Crippen molar-refractivity contribution in [1.82, 2.24) is 0 Å². The van der Waals surface area contributed by atoms with Crippen LogP contribution in [-0.2, 0) is 9.47 Å². The number of rotatable bonds is 3. The maximum Gasteiger partial charge on any atom is 0.117 e. The molecule has 66 valence electrons. The Morgan fingerprint density at radius 2 is 2.50 bits per heavy atom. The second-order valence-electron chi connectivity index (χ2n) is 3.44. The molecule has 0 spiro atoms. The van der Waals surface area contributed by atoms with Crippen molar-refractivity contribution in [2.24, 2.45) is 5.92 Å². The van der Waals surface area contributed by atoms with Gasteiger partial charge in [0.05, 0.1) is 6.61 Å². The Morgan fingerprint density at radius 3 is 3.08 bits per heavy atom. The van der Waals surface area contributed by atoms with E-state index in [-0.39, 0.29) is 0 Å². The lowest BCUT2D eigenvalue weighted by molar-refractivity contribution is 0.190. The van der Waals surface area contributed by atoms with Crippen LogP contribution >= 0.6 is 0 Å². The quantitative estimate of drug-likeness (QED) is 0.597. The Morgan fingerprint density at radius 1 is 1.67 bits per heavy atom. The van der Waals surface area contributed by atoms with Gasteiger partial charge in [-0.15, -0.1) is 0 Å². The third-order valence-electron chi connectivity index (χ3n) is 2.12. The number of epoxide rings is 1. The molecule has 1 heterocycles. The Balaban J connectivity index is 1.76. The molecule has 0 saturated carbocycles. The third-order valence-corrected chi connectivity index (χ3v) is 2.12. The molecule has 0 aromatic rings. The first kappa shape index (κ1) is 7.87. The number of hydrogen-bond donors (Lipinski definition) is 0. The zero-order valence-electron chi connectivity index (χ0n) is 7.32. The van der Waals surface area contributed by atoms with Gasteiger partial charge in [-0.05, 0) is 24.5 Å². The lowest BCUT2D eigenvalue weighted by atomic mass is 10.0. The molecule has 2 heteroatoms. The Labute approximate surface area is 72.9 Å². The van der Waals surface area contributed by atoms with Crippen molar-refractivity contribution >= 4 is 0 Å². The zero-order chi connectivity index (χ0) is 8.39. The van der Waals surface area contributed by atoms with Gasteiger partial charge in [0, 0.05) is 0 Å². The van der Waals surface area contributed by atoms with E-state index < -0.39 is 0 Å². The van der Waals surface area contributed by atoms with Gasteiger partial charge in [-0.2, -0.15) is 0 Å². The van der Waals surface area contributed by atoms with Gasteiger partial charge in [-0.1, -0.05) is 13.0 Å². The Hall–Kier alpha value is -0.760. The van der Waals surface area contributed by atoms with Gasteiger partial charge < -0.3 is 9.47 Å². The van der Waals surface area contributed by atoms with Crippen LogP contribution in [0.5, 0.6) is 0 Å². The van der Waals surface area contributed by atoms with Crippen molar-refractivity contribution in [1.29, 1.82) is 0 Å². The van der Waals surface area contributed by atoms with E-state index in [1.165, 1.54) is 0 Å². The summed E-state index contributed by atoms with van der Waals surface area (Å²) in [5, 5.41) is 0. The summed E-state index contributed by atoms with van der Waals surface area (Å²) in [5.41, 5.74) is 0. The van der Waals surface area contributed by atoms with Crippen LogP contribution < -0.4 is 0 Å². The molecule has 1 fully saturated rings. The minimum absolute atomic E-state index is 0.360. The summed E-state index contributed by atoms with van der Waals surface area (Å²) in [6, 6.07) is 0. The molecule has 2 rings (SSSR count). The summed E-state index contributed by atoms with van der Waals surface area (Å²) in [6.45, 7) is 3.78. The molecule has 0 amide bonds. The summed E-state index contributed by atoms with van der Waals surface area (Å²) in [6.07, 6.45) is 7.84. The smallest absolute Gasteiger partial charge is 0.117 e. The molecular formula is C10H14O2. The molecule has 2 atom stereocenters.